The van der Waals surface area contributed by atoms with Crippen LogP contribution in [0.15, 0.2) is 0 Å². The van der Waals surface area contributed by atoms with Crippen molar-refractivity contribution in [2.75, 3.05) is 13.1 Å². The Morgan fingerprint density at radius 2 is 1.67 bits per heavy atom. The van der Waals surface area contributed by atoms with Gasteiger partial charge in [0.1, 0.15) is 5.84 Å². The molecule has 1 fully saturated rings. The molecule has 0 aromatic heterocycles. The summed E-state index contributed by atoms with van der Waals surface area (Å²) >= 11 is 0. The molecule has 1 saturated heterocycles. The van der Waals surface area contributed by atoms with Crippen LogP contribution < -0.4 is 5.73 Å². The first kappa shape index (κ1) is 12.5. The van der Waals surface area contributed by atoms with Crippen molar-refractivity contribution in [3.63, 3.8) is 0 Å². The number of nitrogens with two attached hydrogens (primary N) is 1. The van der Waals surface area contributed by atoms with Crippen molar-refractivity contribution < 1.29 is 4.74 Å². The predicted octanol–water partition coefficient (Wildman–Crippen LogP) is 1.20. The zero-order valence-corrected chi connectivity index (χ0v) is 10.4. The monoisotopic (exact) mass is 213 g/mol. The zero-order chi connectivity index (χ0) is 11.9. The van der Waals surface area contributed by atoms with Crippen molar-refractivity contribution >= 4 is 5.84 Å². The van der Waals surface area contributed by atoms with Crippen LogP contribution in [0.2, 0.25) is 0 Å². The number of rotatable bonds is 2. The van der Waals surface area contributed by atoms with E-state index in [1.54, 1.807) is 0 Å². The number of nitrogens with one attached hydrogen (secondary N) is 1. The van der Waals surface area contributed by atoms with Gasteiger partial charge in [-0.3, -0.25) is 10.3 Å². The minimum absolute atomic E-state index is 0.00699. The maximum atomic E-state index is 7.49. The highest BCUT2D eigenvalue weighted by Gasteiger charge is 2.39. The Labute approximate surface area is 92.3 Å². The molecule has 0 aromatic rings. The molecule has 1 aliphatic heterocycles. The van der Waals surface area contributed by atoms with Gasteiger partial charge in [0.05, 0.1) is 17.2 Å². The molecule has 1 heterocycles. The lowest BCUT2D eigenvalue weighted by Crippen LogP contribution is -2.61. The van der Waals surface area contributed by atoms with Crippen molar-refractivity contribution in [2.24, 2.45) is 5.73 Å². The van der Waals surface area contributed by atoms with Gasteiger partial charge >= 0.3 is 0 Å². The van der Waals surface area contributed by atoms with Gasteiger partial charge in [-0.05, 0) is 34.6 Å². The first-order valence-corrected chi connectivity index (χ1v) is 5.41. The summed E-state index contributed by atoms with van der Waals surface area (Å²) in [6.45, 7) is 11.9. The normalized spacial score (nSPS) is 27.3. The quantitative estimate of drug-likeness (QED) is 0.535. The van der Waals surface area contributed by atoms with Crippen molar-refractivity contribution in [2.45, 2.75) is 51.9 Å². The average Bonchev–Trinajstić information content (AvgIpc) is 1.96. The van der Waals surface area contributed by atoms with Crippen LogP contribution >= 0.6 is 0 Å². The Hall–Kier alpha value is -0.610. The number of hydrogen-bond acceptors (Lipinski definition) is 3. The molecule has 88 valence electrons. The molecule has 0 aliphatic carbocycles. The van der Waals surface area contributed by atoms with Crippen LogP contribution in [0, 0.1) is 5.41 Å². The van der Waals surface area contributed by atoms with Gasteiger partial charge < -0.3 is 10.5 Å². The highest BCUT2D eigenvalue weighted by atomic mass is 16.5. The summed E-state index contributed by atoms with van der Waals surface area (Å²) < 4.78 is 5.97. The third kappa shape index (κ3) is 3.18. The first-order chi connectivity index (χ1) is 6.63. The second-order valence-electron chi connectivity index (χ2n) is 5.66. The van der Waals surface area contributed by atoms with Crippen molar-refractivity contribution in [1.82, 2.24) is 4.90 Å². The van der Waals surface area contributed by atoms with Crippen LogP contribution in [0.5, 0.6) is 0 Å². The van der Waals surface area contributed by atoms with Crippen molar-refractivity contribution in [1.29, 1.82) is 5.41 Å². The largest absolute Gasteiger partial charge is 0.386 e. The van der Waals surface area contributed by atoms with Gasteiger partial charge in [0.25, 0.3) is 0 Å². The third-order valence-electron chi connectivity index (χ3n) is 2.72. The molecule has 1 aliphatic rings. The van der Waals surface area contributed by atoms with E-state index in [-0.39, 0.29) is 23.1 Å². The number of hydrogen-bond donors (Lipinski definition) is 2. The van der Waals surface area contributed by atoms with Gasteiger partial charge in [0.2, 0.25) is 0 Å². The highest BCUT2D eigenvalue weighted by Crippen LogP contribution is 2.28. The Kier molecular flexibility index (Phi) is 3.12. The van der Waals surface area contributed by atoms with Crippen LogP contribution in [0.4, 0.5) is 0 Å². The maximum absolute atomic E-state index is 7.49. The molecular formula is C11H23N3O. The van der Waals surface area contributed by atoms with Gasteiger partial charge in [0, 0.05) is 13.1 Å². The molecule has 0 spiro atoms. The molecule has 1 atom stereocenters. The summed E-state index contributed by atoms with van der Waals surface area (Å²) in [7, 11) is 0. The number of ether oxygens (including phenoxy) is 1. The Morgan fingerprint density at radius 1 is 1.27 bits per heavy atom. The van der Waals surface area contributed by atoms with Gasteiger partial charge in [-0.25, -0.2) is 0 Å². The fourth-order valence-electron chi connectivity index (χ4n) is 2.32. The smallest absolute Gasteiger partial charge is 0.108 e. The summed E-state index contributed by atoms with van der Waals surface area (Å²) in [6.07, 6.45) is 0. The fourth-order valence-corrected chi connectivity index (χ4v) is 2.32. The van der Waals surface area contributed by atoms with E-state index in [0.717, 1.165) is 13.1 Å². The van der Waals surface area contributed by atoms with E-state index in [2.05, 4.69) is 32.6 Å². The summed E-state index contributed by atoms with van der Waals surface area (Å²) in [5.41, 5.74) is 5.19. The first-order valence-electron chi connectivity index (χ1n) is 5.41. The van der Waals surface area contributed by atoms with Crippen molar-refractivity contribution in [3.05, 3.63) is 0 Å². The van der Waals surface area contributed by atoms with Crippen LogP contribution in [0.1, 0.15) is 34.6 Å². The molecule has 15 heavy (non-hydrogen) atoms. The molecule has 0 bridgehead atoms. The summed E-state index contributed by atoms with van der Waals surface area (Å²) in [4.78, 5) is 2.21. The Bertz CT molecular complexity index is 245. The van der Waals surface area contributed by atoms with Crippen molar-refractivity contribution in [3.8, 4) is 0 Å². The summed E-state index contributed by atoms with van der Waals surface area (Å²) in [5.74, 6) is 0.225. The Balaban J connectivity index is 2.79. The second-order valence-corrected chi connectivity index (χ2v) is 5.66. The van der Waals surface area contributed by atoms with E-state index < -0.39 is 0 Å². The molecular weight excluding hydrogens is 190 g/mol. The minimum Gasteiger partial charge on any atom is -0.386 e. The lowest BCUT2D eigenvalue weighted by molar-refractivity contribution is -0.182. The van der Waals surface area contributed by atoms with E-state index in [1.807, 2.05) is 6.92 Å². The lowest BCUT2D eigenvalue weighted by atomic mass is 9.97. The second kappa shape index (κ2) is 3.76. The standard InChI is InChI=1S/C11H23N3O/c1-8(9(12)13)14-6-10(2,3)15-11(4,5)7-14/h8H,6-7H2,1-5H3,(H3,12,13). The molecule has 1 rings (SSSR count). The van der Waals surface area contributed by atoms with Crippen LogP contribution in [-0.2, 0) is 4.74 Å². The molecule has 0 amide bonds. The molecule has 4 heteroatoms. The van der Waals surface area contributed by atoms with Crippen LogP contribution in [-0.4, -0.2) is 41.1 Å². The minimum atomic E-state index is -0.175. The number of nitrogens with zero attached hydrogens (tertiary/aromatic N) is 1. The Morgan fingerprint density at radius 3 is 2.00 bits per heavy atom. The topological polar surface area (TPSA) is 62.3 Å². The number of amidine groups is 1. The van der Waals surface area contributed by atoms with Crippen LogP contribution in [0.3, 0.4) is 0 Å². The number of morpholine rings is 1. The lowest BCUT2D eigenvalue weighted by Gasteiger charge is -2.48. The fraction of sp³-hybridized carbons (Fsp3) is 0.909. The SMILES string of the molecule is CC(C(=N)N)N1CC(C)(C)OC(C)(C)C1. The molecule has 0 aromatic carbocycles. The molecule has 1 unspecified atom stereocenters. The summed E-state index contributed by atoms with van der Waals surface area (Å²) in [6, 6.07) is -0.00699. The van der Waals surface area contributed by atoms with Gasteiger partial charge in [0.15, 0.2) is 0 Å². The highest BCUT2D eigenvalue weighted by molar-refractivity contribution is 5.82. The summed E-state index contributed by atoms with van der Waals surface area (Å²) in [5, 5.41) is 7.49. The zero-order valence-electron chi connectivity index (χ0n) is 10.4. The van der Waals surface area contributed by atoms with E-state index in [1.165, 1.54) is 0 Å². The molecule has 0 saturated carbocycles. The maximum Gasteiger partial charge on any atom is 0.108 e. The van der Waals surface area contributed by atoms with E-state index in [4.69, 9.17) is 15.9 Å². The third-order valence-corrected chi connectivity index (χ3v) is 2.72. The van der Waals surface area contributed by atoms with E-state index in [0.29, 0.717) is 0 Å². The predicted molar refractivity (Wildman–Crippen MR) is 62.2 cm³/mol. The van der Waals surface area contributed by atoms with Gasteiger partial charge in [-0.1, -0.05) is 0 Å². The van der Waals surface area contributed by atoms with E-state index >= 15 is 0 Å². The average molecular weight is 213 g/mol. The molecule has 3 N–H and O–H groups in total. The molecule has 0 radical (unpaired) electrons. The molecule has 4 nitrogen and oxygen atoms in total. The van der Waals surface area contributed by atoms with E-state index in [9.17, 15) is 0 Å². The van der Waals surface area contributed by atoms with Crippen LogP contribution in [0.25, 0.3) is 0 Å². The van der Waals surface area contributed by atoms with Gasteiger partial charge in [-0.15, -0.1) is 0 Å². The van der Waals surface area contributed by atoms with Gasteiger partial charge in [-0.2, -0.15) is 0 Å².